The van der Waals surface area contributed by atoms with Crippen LogP contribution in [0.5, 0.6) is 0 Å². The highest BCUT2D eigenvalue weighted by atomic mass is 16.6. The maximum Gasteiger partial charge on any atom is 0.0572 e. The third kappa shape index (κ3) is 2.42. The van der Waals surface area contributed by atoms with E-state index in [9.17, 15) is 0 Å². The molecule has 4 nitrogen and oxygen atoms in total. The van der Waals surface area contributed by atoms with Crippen LogP contribution >= 0.6 is 0 Å². The predicted octanol–water partition coefficient (Wildman–Crippen LogP) is -0.713. The van der Waals surface area contributed by atoms with Crippen LogP contribution in [0.25, 0.3) is 0 Å². The molecule has 1 aliphatic heterocycles. The van der Waals surface area contributed by atoms with Crippen LogP contribution in [0.2, 0.25) is 0 Å². The van der Waals surface area contributed by atoms with Gasteiger partial charge in [0.05, 0.1) is 7.11 Å². The van der Waals surface area contributed by atoms with Crippen LogP contribution in [0, 0.1) is 5.92 Å². The van der Waals surface area contributed by atoms with Crippen LogP contribution in [0.15, 0.2) is 0 Å². The second-order valence-corrected chi connectivity index (χ2v) is 3.43. The molecule has 0 radical (unpaired) electrons. The summed E-state index contributed by atoms with van der Waals surface area (Å²) in [5, 5.41) is 3.32. The van der Waals surface area contributed by atoms with Gasteiger partial charge in [-0.25, -0.2) is 5.48 Å². The van der Waals surface area contributed by atoms with Gasteiger partial charge in [0, 0.05) is 31.6 Å². The smallest absolute Gasteiger partial charge is 0.0572 e. The summed E-state index contributed by atoms with van der Waals surface area (Å²) in [4.78, 5) is 7.17. The Kier molecular flexibility index (Phi) is 3.94. The van der Waals surface area contributed by atoms with E-state index in [1.807, 2.05) is 7.05 Å². The summed E-state index contributed by atoms with van der Waals surface area (Å²) >= 11 is 0. The normalized spacial score (nSPS) is 31.2. The molecule has 0 saturated carbocycles. The van der Waals surface area contributed by atoms with Crippen molar-refractivity contribution in [2.75, 3.05) is 40.8 Å². The molecular formula is C8H19N3O. The van der Waals surface area contributed by atoms with Gasteiger partial charge in [-0.05, 0) is 14.1 Å². The first-order valence-electron chi connectivity index (χ1n) is 4.39. The molecule has 72 valence electrons. The maximum atomic E-state index is 4.84. The number of likely N-dealkylation sites (tertiary alicyclic amines) is 1. The molecule has 2 atom stereocenters. The molecule has 1 aliphatic rings. The van der Waals surface area contributed by atoms with E-state index in [-0.39, 0.29) is 0 Å². The van der Waals surface area contributed by atoms with Crippen LogP contribution in [0.4, 0.5) is 0 Å². The maximum absolute atomic E-state index is 4.84. The summed E-state index contributed by atoms with van der Waals surface area (Å²) in [5.74, 6) is 0.653. The van der Waals surface area contributed by atoms with Gasteiger partial charge in [0.15, 0.2) is 0 Å². The van der Waals surface area contributed by atoms with Gasteiger partial charge < -0.3 is 15.1 Å². The van der Waals surface area contributed by atoms with E-state index in [2.05, 4.69) is 22.7 Å². The van der Waals surface area contributed by atoms with E-state index in [1.165, 1.54) is 0 Å². The summed E-state index contributed by atoms with van der Waals surface area (Å²) in [6, 6.07) is 0.595. The van der Waals surface area contributed by atoms with Gasteiger partial charge in [-0.2, -0.15) is 0 Å². The molecule has 1 fully saturated rings. The predicted molar refractivity (Wildman–Crippen MR) is 48.8 cm³/mol. The molecule has 12 heavy (non-hydrogen) atoms. The van der Waals surface area contributed by atoms with Crippen molar-refractivity contribution in [1.29, 1.82) is 0 Å². The standard InChI is InChI=1S/C8H19N3O/c1-9-8-6-11(2)5-7(8)4-10-12-3/h7-10H,4-6H2,1-3H3. The number of hydrogen-bond acceptors (Lipinski definition) is 4. The third-order valence-corrected chi connectivity index (χ3v) is 2.48. The summed E-state index contributed by atoms with van der Waals surface area (Å²) in [6.45, 7) is 3.20. The molecule has 0 aromatic rings. The van der Waals surface area contributed by atoms with Crippen LogP contribution in [0.1, 0.15) is 0 Å². The summed E-state index contributed by atoms with van der Waals surface area (Å²) in [6.07, 6.45) is 0. The number of nitrogens with one attached hydrogen (secondary N) is 2. The van der Waals surface area contributed by atoms with Crippen molar-refractivity contribution in [1.82, 2.24) is 15.7 Å². The lowest BCUT2D eigenvalue weighted by Gasteiger charge is -2.16. The topological polar surface area (TPSA) is 36.5 Å². The molecule has 1 heterocycles. The number of likely N-dealkylation sites (N-methyl/N-ethyl adjacent to an activating group) is 2. The Morgan fingerprint density at radius 1 is 1.50 bits per heavy atom. The van der Waals surface area contributed by atoms with Gasteiger partial charge in [-0.15, -0.1) is 0 Å². The minimum Gasteiger partial charge on any atom is -0.315 e. The van der Waals surface area contributed by atoms with E-state index in [0.717, 1.165) is 19.6 Å². The van der Waals surface area contributed by atoms with Gasteiger partial charge in [0.2, 0.25) is 0 Å². The summed E-state index contributed by atoms with van der Waals surface area (Å²) in [7, 11) is 5.83. The highest BCUT2D eigenvalue weighted by molar-refractivity contribution is 4.87. The Bertz CT molecular complexity index is 131. The Morgan fingerprint density at radius 3 is 2.83 bits per heavy atom. The zero-order valence-electron chi connectivity index (χ0n) is 8.13. The third-order valence-electron chi connectivity index (χ3n) is 2.48. The molecule has 1 saturated heterocycles. The van der Waals surface area contributed by atoms with Gasteiger partial charge in [-0.3, -0.25) is 0 Å². The first-order chi connectivity index (χ1) is 5.77. The average Bonchev–Trinajstić information content (AvgIpc) is 2.42. The molecule has 1 rings (SSSR count). The molecule has 2 unspecified atom stereocenters. The lowest BCUT2D eigenvalue weighted by Crippen LogP contribution is -2.38. The Hall–Kier alpha value is -0.160. The second-order valence-electron chi connectivity index (χ2n) is 3.43. The Morgan fingerprint density at radius 2 is 2.25 bits per heavy atom. The largest absolute Gasteiger partial charge is 0.315 e. The van der Waals surface area contributed by atoms with Gasteiger partial charge in [0.25, 0.3) is 0 Å². The van der Waals surface area contributed by atoms with E-state index < -0.39 is 0 Å². The van der Waals surface area contributed by atoms with Crippen LogP contribution < -0.4 is 10.8 Å². The van der Waals surface area contributed by atoms with E-state index in [1.54, 1.807) is 7.11 Å². The first-order valence-corrected chi connectivity index (χ1v) is 4.39. The SMILES string of the molecule is CNC1CN(C)CC1CNOC. The summed E-state index contributed by atoms with van der Waals surface area (Å²) in [5.41, 5.74) is 2.91. The minimum atomic E-state index is 0.595. The molecule has 0 aliphatic carbocycles. The first kappa shape index (κ1) is 9.92. The van der Waals surface area contributed by atoms with Crippen molar-refractivity contribution in [2.24, 2.45) is 5.92 Å². The monoisotopic (exact) mass is 173 g/mol. The molecule has 0 aromatic carbocycles. The lowest BCUT2D eigenvalue weighted by atomic mass is 10.1. The number of nitrogens with zero attached hydrogens (tertiary/aromatic N) is 1. The van der Waals surface area contributed by atoms with Crippen molar-refractivity contribution in [3.05, 3.63) is 0 Å². The highest BCUT2D eigenvalue weighted by Gasteiger charge is 2.28. The molecule has 2 N–H and O–H groups in total. The molecule has 0 amide bonds. The van der Waals surface area contributed by atoms with Crippen molar-refractivity contribution in [3.8, 4) is 0 Å². The quantitative estimate of drug-likeness (QED) is 0.551. The minimum absolute atomic E-state index is 0.595. The van der Waals surface area contributed by atoms with Crippen LogP contribution in [-0.2, 0) is 4.84 Å². The van der Waals surface area contributed by atoms with Crippen LogP contribution in [-0.4, -0.2) is 51.8 Å². The number of hydroxylamine groups is 1. The zero-order valence-corrected chi connectivity index (χ0v) is 8.13. The Balaban J connectivity index is 2.30. The van der Waals surface area contributed by atoms with Crippen molar-refractivity contribution in [2.45, 2.75) is 6.04 Å². The molecule has 0 bridgehead atoms. The van der Waals surface area contributed by atoms with E-state index in [0.29, 0.717) is 12.0 Å². The molecule has 0 spiro atoms. The Labute approximate surface area is 74.2 Å². The lowest BCUT2D eigenvalue weighted by molar-refractivity contribution is 0.0783. The molecule has 0 aromatic heterocycles. The highest BCUT2D eigenvalue weighted by Crippen LogP contribution is 2.13. The van der Waals surface area contributed by atoms with Crippen molar-refractivity contribution in [3.63, 3.8) is 0 Å². The molecular weight excluding hydrogens is 154 g/mol. The van der Waals surface area contributed by atoms with Gasteiger partial charge >= 0.3 is 0 Å². The van der Waals surface area contributed by atoms with Gasteiger partial charge in [-0.1, -0.05) is 0 Å². The molecule has 4 heteroatoms. The average molecular weight is 173 g/mol. The van der Waals surface area contributed by atoms with E-state index >= 15 is 0 Å². The number of hydrogen-bond donors (Lipinski definition) is 2. The fraction of sp³-hybridized carbons (Fsp3) is 1.00. The zero-order chi connectivity index (χ0) is 8.97. The number of rotatable bonds is 4. The van der Waals surface area contributed by atoms with Gasteiger partial charge in [0.1, 0.15) is 0 Å². The fourth-order valence-electron chi connectivity index (χ4n) is 1.81. The van der Waals surface area contributed by atoms with Crippen molar-refractivity contribution >= 4 is 0 Å². The van der Waals surface area contributed by atoms with Crippen LogP contribution in [0.3, 0.4) is 0 Å². The second kappa shape index (κ2) is 4.77. The summed E-state index contributed by atoms with van der Waals surface area (Å²) < 4.78 is 0. The fourth-order valence-corrected chi connectivity index (χ4v) is 1.81. The van der Waals surface area contributed by atoms with E-state index in [4.69, 9.17) is 4.84 Å². The van der Waals surface area contributed by atoms with Crippen molar-refractivity contribution < 1.29 is 4.84 Å².